The Kier molecular flexibility index (Phi) is 8.76. The normalized spacial score (nSPS) is 12.6. The molecular formula is C61H40N2. The van der Waals surface area contributed by atoms with Gasteiger partial charge < -0.3 is 0 Å². The summed E-state index contributed by atoms with van der Waals surface area (Å²) in [6.45, 7) is 0. The van der Waals surface area contributed by atoms with E-state index in [1.165, 1.54) is 66.4 Å². The van der Waals surface area contributed by atoms with Gasteiger partial charge in [-0.25, -0.2) is 9.97 Å². The van der Waals surface area contributed by atoms with Gasteiger partial charge in [0.15, 0.2) is 5.82 Å². The Morgan fingerprint density at radius 1 is 0.302 bits per heavy atom. The number of benzene rings is 10. The number of nitrogens with zero attached hydrogens (tertiary/aromatic N) is 2. The van der Waals surface area contributed by atoms with E-state index < -0.39 is 5.41 Å². The van der Waals surface area contributed by atoms with Crippen LogP contribution >= 0.6 is 0 Å². The second kappa shape index (κ2) is 15.1. The Balaban J connectivity index is 1.09. The van der Waals surface area contributed by atoms with Gasteiger partial charge in [-0.15, -0.1) is 0 Å². The molecule has 0 spiro atoms. The molecule has 0 aliphatic heterocycles. The molecule has 0 radical (unpaired) electrons. The van der Waals surface area contributed by atoms with Crippen molar-refractivity contribution in [3.8, 4) is 67.3 Å². The lowest BCUT2D eigenvalue weighted by atomic mass is 9.66. The van der Waals surface area contributed by atoms with E-state index in [0.717, 1.165) is 38.9 Å². The Bertz CT molecular complexity index is 3430. The number of hydrogen-bond donors (Lipinski definition) is 0. The number of fused-ring (bicyclic) bond motifs is 6. The molecular weight excluding hydrogens is 761 g/mol. The van der Waals surface area contributed by atoms with Crippen LogP contribution in [0.3, 0.4) is 0 Å². The molecule has 0 fully saturated rings. The molecule has 294 valence electrons. The lowest BCUT2D eigenvalue weighted by Crippen LogP contribution is -2.29. The summed E-state index contributed by atoms with van der Waals surface area (Å²) in [6, 6.07) is 87.8. The van der Waals surface area contributed by atoms with Crippen LogP contribution in [0.5, 0.6) is 0 Å². The van der Waals surface area contributed by atoms with E-state index in [4.69, 9.17) is 9.97 Å². The van der Waals surface area contributed by atoms with Crippen LogP contribution in [-0.4, -0.2) is 9.97 Å². The van der Waals surface area contributed by atoms with Crippen molar-refractivity contribution in [2.75, 3.05) is 0 Å². The van der Waals surface area contributed by atoms with Crippen molar-refractivity contribution in [1.29, 1.82) is 0 Å². The van der Waals surface area contributed by atoms with Gasteiger partial charge in [-0.05, 0) is 89.3 Å². The van der Waals surface area contributed by atoms with Gasteiger partial charge >= 0.3 is 0 Å². The Morgan fingerprint density at radius 3 is 1.43 bits per heavy atom. The first kappa shape index (κ1) is 36.6. The first-order valence-corrected chi connectivity index (χ1v) is 21.7. The summed E-state index contributed by atoms with van der Waals surface area (Å²) >= 11 is 0. The SMILES string of the molecule is c1ccc(-c2ccc(-c3cc(-c4ccccc4)nc(-c4ccc(-c5cccc6c5C(c5ccccc5)(c5ccccc5)c5ccc7ccccc7c5-6)c5ccccc45)n3)cc2)cc1. The molecule has 2 nitrogen and oxygen atoms in total. The molecule has 0 N–H and O–H groups in total. The van der Waals surface area contributed by atoms with Gasteiger partial charge in [-0.3, -0.25) is 0 Å². The zero-order chi connectivity index (χ0) is 41.7. The highest BCUT2D eigenvalue weighted by Gasteiger charge is 2.48. The number of rotatable bonds is 7. The third-order valence-electron chi connectivity index (χ3n) is 13.0. The molecule has 11 aromatic rings. The number of hydrogen-bond acceptors (Lipinski definition) is 2. The van der Waals surface area contributed by atoms with Crippen molar-refractivity contribution in [2.45, 2.75) is 5.41 Å². The van der Waals surface area contributed by atoms with Crippen molar-refractivity contribution >= 4 is 21.5 Å². The minimum absolute atomic E-state index is 0.578. The second-order valence-corrected chi connectivity index (χ2v) is 16.4. The molecule has 1 aliphatic carbocycles. The predicted molar refractivity (Wildman–Crippen MR) is 262 cm³/mol. The van der Waals surface area contributed by atoms with Crippen LogP contribution in [0, 0.1) is 0 Å². The maximum Gasteiger partial charge on any atom is 0.161 e. The van der Waals surface area contributed by atoms with Crippen LogP contribution in [0.2, 0.25) is 0 Å². The lowest BCUT2D eigenvalue weighted by Gasteiger charge is -2.35. The highest BCUT2D eigenvalue weighted by Crippen LogP contribution is 2.60. The fraction of sp³-hybridized carbons (Fsp3) is 0.0164. The smallest absolute Gasteiger partial charge is 0.161 e. The first-order chi connectivity index (χ1) is 31.3. The largest absolute Gasteiger partial charge is 0.228 e. The fourth-order valence-electron chi connectivity index (χ4n) is 10.2. The van der Waals surface area contributed by atoms with E-state index in [9.17, 15) is 0 Å². The van der Waals surface area contributed by atoms with E-state index >= 15 is 0 Å². The maximum atomic E-state index is 5.36. The third-order valence-corrected chi connectivity index (χ3v) is 13.0. The highest BCUT2D eigenvalue weighted by atomic mass is 14.9. The predicted octanol–water partition coefficient (Wildman–Crippen LogP) is 15.5. The zero-order valence-corrected chi connectivity index (χ0v) is 34.5. The van der Waals surface area contributed by atoms with Crippen LogP contribution in [0.4, 0.5) is 0 Å². The van der Waals surface area contributed by atoms with Gasteiger partial charge in [0.1, 0.15) is 0 Å². The van der Waals surface area contributed by atoms with E-state index in [1.54, 1.807) is 0 Å². The van der Waals surface area contributed by atoms with E-state index in [2.05, 4.69) is 237 Å². The molecule has 0 amide bonds. The Labute approximate surface area is 367 Å². The zero-order valence-electron chi connectivity index (χ0n) is 34.5. The van der Waals surface area contributed by atoms with Gasteiger partial charge in [-0.2, -0.15) is 0 Å². The summed E-state index contributed by atoms with van der Waals surface area (Å²) in [5.74, 6) is 0.696. The van der Waals surface area contributed by atoms with Crippen molar-refractivity contribution in [1.82, 2.24) is 9.97 Å². The average Bonchev–Trinajstić information content (AvgIpc) is 3.69. The fourth-order valence-corrected chi connectivity index (χ4v) is 10.2. The molecule has 1 aliphatic rings. The van der Waals surface area contributed by atoms with Crippen LogP contribution in [-0.2, 0) is 5.41 Å². The molecule has 0 saturated carbocycles. The number of aromatic nitrogens is 2. The second-order valence-electron chi connectivity index (χ2n) is 16.4. The quantitative estimate of drug-likeness (QED) is 0.160. The summed E-state index contributed by atoms with van der Waals surface area (Å²) in [4.78, 5) is 10.7. The van der Waals surface area contributed by atoms with Crippen LogP contribution in [0.25, 0.3) is 88.8 Å². The molecule has 0 bridgehead atoms. The molecule has 0 atom stereocenters. The van der Waals surface area contributed by atoms with Crippen molar-refractivity contribution in [2.24, 2.45) is 0 Å². The van der Waals surface area contributed by atoms with E-state index in [-0.39, 0.29) is 0 Å². The lowest BCUT2D eigenvalue weighted by molar-refractivity contribution is 0.771. The molecule has 63 heavy (non-hydrogen) atoms. The van der Waals surface area contributed by atoms with Crippen molar-refractivity contribution < 1.29 is 0 Å². The molecule has 0 unspecified atom stereocenters. The molecule has 2 heteroatoms. The average molecular weight is 801 g/mol. The molecule has 0 saturated heterocycles. The van der Waals surface area contributed by atoms with Crippen LogP contribution in [0.1, 0.15) is 22.3 Å². The monoisotopic (exact) mass is 800 g/mol. The standard InChI is InChI=1S/C61H40N2/c1-5-18-41(19-6-1)42-32-34-45(35-33-42)57-40-56(44-21-7-2-8-22-44)62-60(63-57)53-38-37-51(49-28-15-16-29-50(49)53)52-30-17-31-54-58-48-27-14-13-20-43(48)36-39-55(58)61(59(52)54,46-23-9-3-10-24-46)47-25-11-4-12-26-47/h1-40H. The van der Waals surface area contributed by atoms with Gasteiger partial charge in [0.25, 0.3) is 0 Å². The van der Waals surface area contributed by atoms with E-state index in [0.29, 0.717) is 5.82 Å². The highest BCUT2D eigenvalue weighted by molar-refractivity contribution is 6.09. The first-order valence-electron chi connectivity index (χ1n) is 21.7. The Morgan fingerprint density at radius 2 is 0.778 bits per heavy atom. The summed E-state index contributed by atoms with van der Waals surface area (Å²) in [5, 5.41) is 4.77. The maximum absolute atomic E-state index is 5.36. The summed E-state index contributed by atoms with van der Waals surface area (Å²) in [5.41, 5.74) is 16.7. The van der Waals surface area contributed by atoms with Gasteiger partial charge in [0.2, 0.25) is 0 Å². The summed E-state index contributed by atoms with van der Waals surface area (Å²) in [6.07, 6.45) is 0. The minimum Gasteiger partial charge on any atom is -0.228 e. The van der Waals surface area contributed by atoms with Gasteiger partial charge in [-0.1, -0.05) is 231 Å². The third kappa shape index (κ3) is 5.95. The molecule has 10 aromatic carbocycles. The molecule has 1 aromatic heterocycles. The molecule has 1 heterocycles. The van der Waals surface area contributed by atoms with Crippen molar-refractivity contribution in [3.63, 3.8) is 0 Å². The molecule has 12 rings (SSSR count). The topological polar surface area (TPSA) is 25.8 Å². The van der Waals surface area contributed by atoms with Crippen LogP contribution < -0.4 is 0 Å². The van der Waals surface area contributed by atoms with E-state index in [1.807, 2.05) is 6.07 Å². The Hall–Kier alpha value is -8.20. The van der Waals surface area contributed by atoms with Gasteiger partial charge in [0, 0.05) is 16.7 Å². The van der Waals surface area contributed by atoms with Crippen LogP contribution in [0.15, 0.2) is 243 Å². The van der Waals surface area contributed by atoms with Crippen molar-refractivity contribution in [3.05, 3.63) is 265 Å². The minimum atomic E-state index is -0.578. The summed E-state index contributed by atoms with van der Waals surface area (Å²) < 4.78 is 0. The summed E-state index contributed by atoms with van der Waals surface area (Å²) in [7, 11) is 0. The van der Waals surface area contributed by atoms with Gasteiger partial charge in [0.05, 0.1) is 16.8 Å².